The van der Waals surface area contributed by atoms with Gasteiger partial charge in [0.15, 0.2) is 0 Å². The largest absolute Gasteiger partial charge is 0.482 e. The Bertz CT molecular complexity index is 354. The zero-order chi connectivity index (χ0) is 11.7. The van der Waals surface area contributed by atoms with Gasteiger partial charge >= 0.3 is 7.69 Å². The summed E-state index contributed by atoms with van der Waals surface area (Å²) in [7, 11) is -3.26. The van der Waals surface area contributed by atoms with Crippen LogP contribution in [0.2, 0.25) is 0 Å². The molecule has 5 nitrogen and oxygen atoms in total. The fourth-order valence-electron chi connectivity index (χ4n) is 0.873. The van der Waals surface area contributed by atoms with Crippen LogP contribution in [-0.4, -0.2) is 32.7 Å². The lowest BCUT2D eigenvalue weighted by Crippen LogP contribution is -2.22. The molecule has 1 aromatic rings. The molecule has 1 aromatic carbocycles. The first-order chi connectivity index (χ1) is 7.08. The van der Waals surface area contributed by atoms with Crippen molar-refractivity contribution in [1.82, 2.24) is 4.72 Å². The Balaban J connectivity index is 0.000000583. The summed E-state index contributed by atoms with van der Waals surface area (Å²) in [6, 6.07) is 8.31. The first kappa shape index (κ1) is 14.1. The molecular formula is C8H13BNO4S. The van der Waals surface area contributed by atoms with E-state index < -0.39 is 10.0 Å². The molecule has 83 valence electrons. The molecule has 3 N–H and O–H groups in total. The molecule has 0 saturated heterocycles. The average Bonchev–Trinajstić information content (AvgIpc) is 2.20. The standard InChI is InChI=1S/C8H11NO2S.BH2O2/c1-2-9-12(10,11)8-6-4-3-5-7-8;2-1-3/h3-7,9H,2H2,1H3;2-3H. The summed E-state index contributed by atoms with van der Waals surface area (Å²) in [6.07, 6.45) is 0. The molecule has 0 bridgehead atoms. The molecule has 15 heavy (non-hydrogen) atoms. The minimum Gasteiger partial charge on any atom is -0.429 e. The topological polar surface area (TPSA) is 86.6 Å². The molecule has 0 spiro atoms. The van der Waals surface area contributed by atoms with E-state index in [2.05, 4.69) is 4.72 Å². The van der Waals surface area contributed by atoms with Gasteiger partial charge in [0.1, 0.15) is 0 Å². The van der Waals surface area contributed by atoms with Crippen LogP contribution in [-0.2, 0) is 10.0 Å². The van der Waals surface area contributed by atoms with E-state index in [1.165, 1.54) is 0 Å². The van der Waals surface area contributed by atoms with E-state index >= 15 is 0 Å². The van der Waals surface area contributed by atoms with Crippen molar-refractivity contribution in [3.05, 3.63) is 30.3 Å². The molecule has 0 aliphatic carbocycles. The Morgan fingerprint density at radius 1 is 1.27 bits per heavy atom. The number of benzene rings is 1. The van der Waals surface area contributed by atoms with Crippen LogP contribution < -0.4 is 4.72 Å². The van der Waals surface area contributed by atoms with E-state index in [1.807, 2.05) is 0 Å². The summed E-state index contributed by atoms with van der Waals surface area (Å²) in [4.78, 5) is 0.312. The first-order valence-electron chi connectivity index (χ1n) is 4.23. The van der Waals surface area contributed by atoms with Crippen molar-refractivity contribution >= 4 is 17.7 Å². The van der Waals surface area contributed by atoms with E-state index in [9.17, 15) is 8.42 Å². The normalized spacial score (nSPS) is 10.1. The van der Waals surface area contributed by atoms with Crippen LogP contribution in [0.5, 0.6) is 0 Å². The highest BCUT2D eigenvalue weighted by Gasteiger charge is 2.09. The lowest BCUT2D eigenvalue weighted by molar-refractivity contribution is 0.448. The van der Waals surface area contributed by atoms with Crippen LogP contribution in [0.25, 0.3) is 0 Å². The zero-order valence-electron chi connectivity index (χ0n) is 8.29. The number of rotatable bonds is 3. The molecule has 0 amide bonds. The maximum absolute atomic E-state index is 11.3. The van der Waals surface area contributed by atoms with E-state index in [4.69, 9.17) is 10.0 Å². The second kappa shape index (κ2) is 7.41. The summed E-state index contributed by atoms with van der Waals surface area (Å²) in [5, 5.41) is 14.0. The summed E-state index contributed by atoms with van der Waals surface area (Å²) < 4.78 is 25.1. The summed E-state index contributed by atoms with van der Waals surface area (Å²) in [5.74, 6) is 0. The summed E-state index contributed by atoms with van der Waals surface area (Å²) >= 11 is 0. The molecule has 0 saturated carbocycles. The Hall–Kier alpha value is -0.885. The monoisotopic (exact) mass is 230 g/mol. The number of hydrogen-bond acceptors (Lipinski definition) is 4. The van der Waals surface area contributed by atoms with E-state index in [0.29, 0.717) is 11.4 Å². The molecule has 0 aliphatic heterocycles. The Kier molecular flexibility index (Phi) is 6.97. The highest BCUT2D eigenvalue weighted by atomic mass is 32.2. The highest BCUT2D eigenvalue weighted by molar-refractivity contribution is 7.89. The predicted molar refractivity (Wildman–Crippen MR) is 57.5 cm³/mol. The van der Waals surface area contributed by atoms with Crippen molar-refractivity contribution in [2.75, 3.05) is 6.54 Å². The molecule has 0 atom stereocenters. The Labute approximate surface area is 90.1 Å². The van der Waals surface area contributed by atoms with Gasteiger partial charge in [0.05, 0.1) is 4.90 Å². The van der Waals surface area contributed by atoms with Crippen LogP contribution in [0.4, 0.5) is 0 Å². The van der Waals surface area contributed by atoms with Gasteiger partial charge in [0.25, 0.3) is 0 Å². The fourth-order valence-corrected chi connectivity index (χ4v) is 1.94. The lowest BCUT2D eigenvalue weighted by atomic mass is 10.4. The van der Waals surface area contributed by atoms with E-state index in [1.54, 1.807) is 37.3 Å². The molecule has 0 aromatic heterocycles. The van der Waals surface area contributed by atoms with Crippen molar-refractivity contribution in [3.63, 3.8) is 0 Å². The third-order valence-electron chi connectivity index (χ3n) is 1.39. The molecule has 7 heteroatoms. The third-order valence-corrected chi connectivity index (χ3v) is 2.95. The lowest BCUT2D eigenvalue weighted by Gasteiger charge is -2.02. The maximum Gasteiger partial charge on any atom is 0.482 e. The van der Waals surface area contributed by atoms with Gasteiger partial charge in [-0.05, 0) is 12.1 Å². The van der Waals surface area contributed by atoms with Gasteiger partial charge in [-0.2, -0.15) is 0 Å². The van der Waals surface area contributed by atoms with E-state index in [0.717, 1.165) is 0 Å². The third kappa shape index (κ3) is 5.53. The van der Waals surface area contributed by atoms with Gasteiger partial charge in [-0.15, -0.1) is 0 Å². The maximum atomic E-state index is 11.3. The van der Waals surface area contributed by atoms with Crippen molar-refractivity contribution in [2.45, 2.75) is 11.8 Å². The van der Waals surface area contributed by atoms with Crippen LogP contribution in [0, 0.1) is 0 Å². The van der Waals surface area contributed by atoms with Gasteiger partial charge < -0.3 is 10.0 Å². The van der Waals surface area contributed by atoms with Gasteiger partial charge in [0.2, 0.25) is 10.0 Å². The molecule has 1 rings (SSSR count). The summed E-state index contributed by atoms with van der Waals surface area (Å²) in [5.41, 5.74) is 0. The van der Waals surface area contributed by atoms with Crippen LogP contribution >= 0.6 is 0 Å². The molecule has 1 radical (unpaired) electrons. The number of sulfonamides is 1. The fraction of sp³-hybridized carbons (Fsp3) is 0.250. The second-order valence-electron chi connectivity index (χ2n) is 2.43. The van der Waals surface area contributed by atoms with Crippen molar-refractivity contribution < 1.29 is 18.5 Å². The van der Waals surface area contributed by atoms with E-state index in [-0.39, 0.29) is 7.69 Å². The van der Waals surface area contributed by atoms with Crippen molar-refractivity contribution in [3.8, 4) is 0 Å². The predicted octanol–water partition coefficient (Wildman–Crippen LogP) is -0.510. The minimum atomic E-state index is -3.26. The average molecular weight is 230 g/mol. The number of hydrogen-bond donors (Lipinski definition) is 3. The van der Waals surface area contributed by atoms with Crippen LogP contribution in [0.15, 0.2) is 35.2 Å². The smallest absolute Gasteiger partial charge is 0.429 e. The quantitative estimate of drug-likeness (QED) is 0.610. The number of nitrogens with one attached hydrogen (secondary N) is 1. The van der Waals surface area contributed by atoms with Gasteiger partial charge in [0, 0.05) is 6.54 Å². The Morgan fingerprint density at radius 3 is 2.13 bits per heavy atom. The first-order valence-corrected chi connectivity index (χ1v) is 5.71. The second-order valence-corrected chi connectivity index (χ2v) is 4.20. The van der Waals surface area contributed by atoms with Crippen LogP contribution in [0.3, 0.4) is 0 Å². The Morgan fingerprint density at radius 2 is 1.73 bits per heavy atom. The minimum absolute atomic E-state index is 0. The molecule has 0 fully saturated rings. The van der Waals surface area contributed by atoms with Crippen molar-refractivity contribution in [1.29, 1.82) is 0 Å². The van der Waals surface area contributed by atoms with Gasteiger partial charge in [-0.1, -0.05) is 25.1 Å². The highest BCUT2D eigenvalue weighted by Crippen LogP contribution is 2.05. The SMILES string of the molecule is CCNS(=O)(=O)c1ccccc1.O[B]O. The van der Waals surface area contributed by atoms with Crippen molar-refractivity contribution in [2.24, 2.45) is 0 Å². The van der Waals surface area contributed by atoms with Gasteiger partial charge in [-0.25, -0.2) is 13.1 Å². The summed E-state index contributed by atoms with van der Waals surface area (Å²) in [6.45, 7) is 2.16. The molecule has 0 unspecified atom stereocenters. The van der Waals surface area contributed by atoms with Gasteiger partial charge in [-0.3, -0.25) is 0 Å². The van der Waals surface area contributed by atoms with Crippen LogP contribution in [0.1, 0.15) is 6.92 Å². The molecule has 0 heterocycles. The zero-order valence-corrected chi connectivity index (χ0v) is 9.11. The molecular weight excluding hydrogens is 217 g/mol. The molecule has 0 aliphatic rings.